The van der Waals surface area contributed by atoms with Crippen LogP contribution in [0.2, 0.25) is 0 Å². The van der Waals surface area contributed by atoms with Crippen molar-refractivity contribution in [3.8, 4) is 0 Å². The first-order valence-corrected chi connectivity index (χ1v) is 9.62. The molecule has 0 radical (unpaired) electrons. The number of carbonyl (C=O) groups excluding carboxylic acids is 1. The predicted molar refractivity (Wildman–Crippen MR) is 94.0 cm³/mol. The summed E-state index contributed by atoms with van der Waals surface area (Å²) >= 11 is 0. The maximum absolute atomic E-state index is 12.5. The lowest BCUT2D eigenvalue weighted by Crippen LogP contribution is -2.51. The molecular formula is C21H34O2. The molecule has 0 bridgehead atoms. The van der Waals surface area contributed by atoms with Crippen molar-refractivity contribution in [1.29, 1.82) is 0 Å². The molecule has 3 rings (SSSR count). The molecule has 0 saturated heterocycles. The highest BCUT2D eigenvalue weighted by Crippen LogP contribution is 2.62. The van der Waals surface area contributed by atoms with Gasteiger partial charge in [0.1, 0.15) is 0 Å². The van der Waals surface area contributed by atoms with Gasteiger partial charge in [0.15, 0.2) is 0 Å². The first-order chi connectivity index (χ1) is 10.8. The molecule has 1 saturated carbocycles. The molecule has 0 unspecified atom stereocenters. The van der Waals surface area contributed by atoms with Crippen LogP contribution >= 0.6 is 0 Å². The lowest BCUT2D eigenvalue weighted by molar-refractivity contribution is -0.163. The van der Waals surface area contributed by atoms with Gasteiger partial charge in [-0.3, -0.25) is 4.79 Å². The maximum atomic E-state index is 12.5. The van der Waals surface area contributed by atoms with Gasteiger partial charge in [-0.1, -0.05) is 38.3 Å². The van der Waals surface area contributed by atoms with E-state index in [4.69, 9.17) is 4.74 Å². The Labute approximate surface area is 142 Å². The van der Waals surface area contributed by atoms with Crippen molar-refractivity contribution >= 4 is 5.97 Å². The van der Waals surface area contributed by atoms with E-state index in [1.807, 2.05) is 0 Å². The van der Waals surface area contributed by atoms with Crippen LogP contribution in [-0.4, -0.2) is 13.1 Å². The number of rotatable bonds is 2. The van der Waals surface area contributed by atoms with Crippen LogP contribution in [0.4, 0.5) is 0 Å². The number of carbonyl (C=O) groups is 1. The molecule has 0 aromatic carbocycles. The summed E-state index contributed by atoms with van der Waals surface area (Å²) in [5.41, 5.74) is 3.44. The fourth-order valence-electron chi connectivity index (χ4n) is 6.23. The third kappa shape index (κ3) is 2.57. The molecule has 0 aromatic rings. The quantitative estimate of drug-likeness (QED) is 0.495. The minimum atomic E-state index is -0.283. The van der Waals surface area contributed by atoms with Gasteiger partial charge in [-0.05, 0) is 75.0 Å². The molecule has 2 heteroatoms. The summed E-state index contributed by atoms with van der Waals surface area (Å²) in [7, 11) is 1.56. The van der Waals surface area contributed by atoms with E-state index in [2.05, 4.69) is 27.7 Å². The van der Waals surface area contributed by atoms with Gasteiger partial charge in [-0.2, -0.15) is 0 Å². The van der Waals surface area contributed by atoms with Crippen LogP contribution in [0.15, 0.2) is 11.1 Å². The average molecular weight is 319 g/mol. The average Bonchev–Trinajstić information content (AvgIpc) is 2.53. The van der Waals surface area contributed by atoms with Crippen LogP contribution in [0, 0.1) is 28.6 Å². The molecule has 0 aromatic heterocycles. The summed E-state index contributed by atoms with van der Waals surface area (Å²) in [5.74, 6) is 2.14. The van der Waals surface area contributed by atoms with Crippen LogP contribution in [-0.2, 0) is 9.53 Å². The van der Waals surface area contributed by atoms with Crippen molar-refractivity contribution in [2.45, 2.75) is 79.1 Å². The number of hydrogen-bond acceptors (Lipinski definition) is 2. The van der Waals surface area contributed by atoms with Crippen LogP contribution in [0.25, 0.3) is 0 Å². The maximum Gasteiger partial charge on any atom is 0.311 e. The number of hydrogen-bond donors (Lipinski definition) is 0. The number of allylic oxidation sites excluding steroid dienone is 2. The summed E-state index contributed by atoms with van der Waals surface area (Å²) in [4.78, 5) is 12.5. The molecule has 0 amide bonds. The van der Waals surface area contributed by atoms with Crippen LogP contribution < -0.4 is 0 Å². The predicted octanol–water partition coefficient (Wildman–Crippen LogP) is 5.52. The van der Waals surface area contributed by atoms with E-state index in [1.165, 1.54) is 38.5 Å². The van der Waals surface area contributed by atoms with E-state index in [9.17, 15) is 4.79 Å². The molecule has 0 aliphatic heterocycles. The van der Waals surface area contributed by atoms with E-state index >= 15 is 0 Å². The zero-order chi connectivity index (χ0) is 16.8. The van der Waals surface area contributed by atoms with E-state index in [0.717, 1.165) is 24.7 Å². The standard InChI is InChI=1S/C21H34O2/c1-14(2)15-7-9-17-16(13-15)8-10-18-20(17,3)11-6-12-21(18,4)19(22)23-5/h14-15,18H,6-13H2,1-5H3/t15-,18+,20+,21+/m0/s1. The normalized spacial score (nSPS) is 40.6. The monoisotopic (exact) mass is 318 g/mol. The van der Waals surface area contributed by atoms with Crippen molar-refractivity contribution in [3.63, 3.8) is 0 Å². The Balaban J connectivity index is 1.95. The molecule has 130 valence electrons. The SMILES string of the molecule is COC(=O)[C@]1(C)CCC[C@]2(C)C3=C(CC[C@@H]12)C[C@@H](C(C)C)CC3. The Morgan fingerprint density at radius 3 is 2.57 bits per heavy atom. The van der Waals surface area contributed by atoms with Gasteiger partial charge in [0, 0.05) is 0 Å². The Bertz CT molecular complexity index is 518. The van der Waals surface area contributed by atoms with Crippen molar-refractivity contribution in [2.24, 2.45) is 28.6 Å². The molecule has 0 N–H and O–H groups in total. The second kappa shape index (κ2) is 5.93. The Morgan fingerprint density at radius 2 is 1.91 bits per heavy atom. The van der Waals surface area contributed by atoms with Crippen molar-refractivity contribution < 1.29 is 9.53 Å². The molecule has 3 aliphatic rings. The molecular weight excluding hydrogens is 284 g/mol. The number of fused-ring (bicyclic) bond motifs is 2. The largest absolute Gasteiger partial charge is 0.469 e. The first kappa shape index (κ1) is 17.0. The third-order valence-corrected chi connectivity index (χ3v) is 7.65. The van der Waals surface area contributed by atoms with E-state index in [0.29, 0.717) is 5.92 Å². The summed E-state index contributed by atoms with van der Waals surface area (Å²) in [6.07, 6.45) is 9.72. The lowest BCUT2D eigenvalue weighted by atomic mass is 9.48. The van der Waals surface area contributed by atoms with Crippen LogP contribution in [0.3, 0.4) is 0 Å². The molecule has 1 fully saturated rings. The fourth-order valence-corrected chi connectivity index (χ4v) is 6.23. The van der Waals surface area contributed by atoms with Gasteiger partial charge in [-0.15, -0.1) is 0 Å². The van der Waals surface area contributed by atoms with Gasteiger partial charge in [0.05, 0.1) is 12.5 Å². The van der Waals surface area contributed by atoms with E-state index in [-0.39, 0.29) is 16.8 Å². The van der Waals surface area contributed by atoms with Crippen LogP contribution in [0.5, 0.6) is 0 Å². The van der Waals surface area contributed by atoms with E-state index in [1.54, 1.807) is 18.3 Å². The highest BCUT2D eigenvalue weighted by molar-refractivity contribution is 5.77. The smallest absolute Gasteiger partial charge is 0.311 e. The highest BCUT2D eigenvalue weighted by atomic mass is 16.5. The summed E-state index contributed by atoms with van der Waals surface area (Å²) < 4.78 is 5.22. The molecule has 3 aliphatic carbocycles. The minimum Gasteiger partial charge on any atom is -0.469 e. The summed E-state index contributed by atoms with van der Waals surface area (Å²) in [5, 5.41) is 0. The molecule has 2 nitrogen and oxygen atoms in total. The topological polar surface area (TPSA) is 26.3 Å². The zero-order valence-electron chi connectivity index (χ0n) is 15.7. The Morgan fingerprint density at radius 1 is 1.17 bits per heavy atom. The highest BCUT2D eigenvalue weighted by Gasteiger charge is 2.56. The summed E-state index contributed by atoms with van der Waals surface area (Å²) in [6, 6.07) is 0. The fraction of sp³-hybridized carbons (Fsp3) is 0.857. The van der Waals surface area contributed by atoms with Crippen molar-refractivity contribution in [3.05, 3.63) is 11.1 Å². The molecule has 23 heavy (non-hydrogen) atoms. The molecule has 4 atom stereocenters. The summed E-state index contributed by atoms with van der Waals surface area (Å²) in [6.45, 7) is 9.38. The van der Waals surface area contributed by atoms with Gasteiger partial charge < -0.3 is 4.74 Å². The molecule has 0 heterocycles. The van der Waals surface area contributed by atoms with Crippen molar-refractivity contribution in [1.82, 2.24) is 0 Å². The zero-order valence-corrected chi connectivity index (χ0v) is 15.7. The van der Waals surface area contributed by atoms with Crippen LogP contribution in [0.1, 0.15) is 79.1 Å². The lowest BCUT2D eigenvalue weighted by Gasteiger charge is -2.56. The Hall–Kier alpha value is -0.790. The van der Waals surface area contributed by atoms with Crippen molar-refractivity contribution in [2.75, 3.05) is 7.11 Å². The van der Waals surface area contributed by atoms with Gasteiger partial charge in [0.25, 0.3) is 0 Å². The second-order valence-electron chi connectivity index (χ2n) is 9.10. The third-order valence-electron chi connectivity index (χ3n) is 7.65. The number of esters is 1. The number of methoxy groups -OCH3 is 1. The minimum absolute atomic E-state index is 0.0216. The van der Waals surface area contributed by atoms with Gasteiger partial charge in [-0.25, -0.2) is 0 Å². The Kier molecular flexibility index (Phi) is 4.40. The van der Waals surface area contributed by atoms with E-state index < -0.39 is 0 Å². The van der Waals surface area contributed by atoms with Gasteiger partial charge in [0.2, 0.25) is 0 Å². The first-order valence-electron chi connectivity index (χ1n) is 9.62. The number of ether oxygens (including phenoxy) is 1. The van der Waals surface area contributed by atoms with Gasteiger partial charge >= 0.3 is 5.97 Å². The molecule has 0 spiro atoms. The second-order valence-corrected chi connectivity index (χ2v) is 9.10.